The van der Waals surface area contributed by atoms with Crippen molar-refractivity contribution in [1.82, 2.24) is 10.3 Å². The maximum absolute atomic E-state index is 12.4. The zero-order valence-electron chi connectivity index (χ0n) is 15.2. The summed E-state index contributed by atoms with van der Waals surface area (Å²) in [5, 5.41) is 6.14. The van der Waals surface area contributed by atoms with Crippen LogP contribution in [0.4, 0.5) is 0 Å². The Kier molecular flexibility index (Phi) is 8.07. The molecular weight excluding hydrogens is 366 g/mol. The van der Waals surface area contributed by atoms with E-state index < -0.39 is 0 Å². The van der Waals surface area contributed by atoms with Crippen molar-refractivity contribution in [2.24, 2.45) is 11.7 Å². The molecule has 1 aromatic heterocycles. The first-order valence-electron chi connectivity index (χ1n) is 9.22. The number of nitrogens with two attached hydrogens (primary N) is 1. The van der Waals surface area contributed by atoms with Crippen molar-refractivity contribution >= 4 is 29.7 Å². The third-order valence-corrected chi connectivity index (χ3v) is 6.00. The van der Waals surface area contributed by atoms with Gasteiger partial charge in [0.25, 0.3) is 0 Å². The van der Waals surface area contributed by atoms with Crippen LogP contribution in [-0.4, -0.2) is 23.5 Å². The predicted octanol–water partition coefficient (Wildman–Crippen LogP) is 3.97. The van der Waals surface area contributed by atoms with Gasteiger partial charge in [-0.05, 0) is 37.3 Å². The molecule has 2 aromatic rings. The number of nitrogens with one attached hydrogen (secondary N) is 1. The Hall–Kier alpha value is -1.43. The summed E-state index contributed by atoms with van der Waals surface area (Å²) >= 11 is 1.60. The van der Waals surface area contributed by atoms with E-state index in [1.165, 1.54) is 18.4 Å². The number of benzene rings is 1. The first-order chi connectivity index (χ1) is 12.2. The van der Waals surface area contributed by atoms with Gasteiger partial charge in [0.15, 0.2) is 0 Å². The molecule has 1 aromatic carbocycles. The number of thiazole rings is 1. The van der Waals surface area contributed by atoms with Crippen molar-refractivity contribution in [3.8, 4) is 10.6 Å². The third kappa shape index (κ3) is 5.29. The molecule has 0 saturated heterocycles. The van der Waals surface area contributed by atoms with E-state index in [0.717, 1.165) is 35.5 Å². The molecule has 2 atom stereocenters. The van der Waals surface area contributed by atoms with Crippen LogP contribution in [0.2, 0.25) is 0 Å². The summed E-state index contributed by atoms with van der Waals surface area (Å²) < 4.78 is 0. The topological polar surface area (TPSA) is 68.0 Å². The monoisotopic (exact) mass is 393 g/mol. The largest absolute Gasteiger partial charge is 0.353 e. The van der Waals surface area contributed by atoms with Gasteiger partial charge in [-0.15, -0.1) is 23.7 Å². The highest BCUT2D eigenvalue weighted by molar-refractivity contribution is 7.13. The summed E-state index contributed by atoms with van der Waals surface area (Å²) in [5.41, 5.74) is 9.13. The second-order valence-corrected chi connectivity index (χ2v) is 7.68. The molecular formula is C20H28ClN3OS. The number of aromatic nitrogens is 1. The summed E-state index contributed by atoms with van der Waals surface area (Å²) in [7, 11) is 0. The lowest BCUT2D eigenvalue weighted by atomic mass is 9.84. The molecule has 0 radical (unpaired) electrons. The fraction of sp³-hybridized carbons (Fsp3) is 0.500. The van der Waals surface area contributed by atoms with Crippen LogP contribution in [0.15, 0.2) is 29.6 Å². The Morgan fingerprint density at radius 3 is 2.69 bits per heavy atom. The second kappa shape index (κ2) is 10.0. The Morgan fingerprint density at radius 2 is 2.00 bits per heavy atom. The van der Waals surface area contributed by atoms with Gasteiger partial charge < -0.3 is 11.1 Å². The Balaban J connectivity index is 0.00000243. The smallest absolute Gasteiger partial charge is 0.226 e. The lowest BCUT2D eigenvalue weighted by Crippen LogP contribution is -2.45. The minimum absolute atomic E-state index is 0. The summed E-state index contributed by atoms with van der Waals surface area (Å²) in [6.45, 7) is 2.80. The summed E-state index contributed by atoms with van der Waals surface area (Å²) in [5.74, 6) is 0.476. The molecule has 2 unspecified atom stereocenters. The molecule has 0 spiro atoms. The number of carbonyl (C=O) groups excluding carboxylic acids is 1. The molecule has 1 aliphatic rings. The zero-order chi connectivity index (χ0) is 17.6. The molecule has 3 N–H and O–H groups in total. The highest BCUT2D eigenvalue weighted by Crippen LogP contribution is 2.25. The molecule has 1 heterocycles. The molecule has 3 rings (SSSR count). The molecule has 0 bridgehead atoms. The van der Waals surface area contributed by atoms with Gasteiger partial charge in [-0.2, -0.15) is 0 Å². The first-order valence-corrected chi connectivity index (χ1v) is 10.1. The quantitative estimate of drug-likeness (QED) is 0.780. The molecule has 0 aliphatic heterocycles. The number of aryl methyl sites for hydroxylation is 1. The number of nitrogens with zero attached hydrogens (tertiary/aromatic N) is 1. The van der Waals surface area contributed by atoms with E-state index in [2.05, 4.69) is 41.5 Å². The maximum Gasteiger partial charge on any atom is 0.226 e. The fourth-order valence-electron chi connectivity index (χ4n) is 3.51. The minimum Gasteiger partial charge on any atom is -0.353 e. The van der Waals surface area contributed by atoms with E-state index in [-0.39, 0.29) is 24.4 Å². The SMILES string of the molecule is CCc1ccc(-c2nc(CC(=O)NC3CCCCC3CN)cs2)cc1.Cl. The molecule has 1 aliphatic carbocycles. The van der Waals surface area contributed by atoms with Gasteiger partial charge in [-0.1, -0.05) is 44.0 Å². The van der Waals surface area contributed by atoms with Crippen LogP contribution in [0.5, 0.6) is 0 Å². The number of hydrogen-bond donors (Lipinski definition) is 2. The molecule has 6 heteroatoms. The highest BCUT2D eigenvalue weighted by atomic mass is 35.5. The highest BCUT2D eigenvalue weighted by Gasteiger charge is 2.25. The third-order valence-electron chi connectivity index (χ3n) is 5.06. The van der Waals surface area contributed by atoms with E-state index in [1.807, 2.05) is 5.38 Å². The Morgan fingerprint density at radius 1 is 1.27 bits per heavy atom. The second-order valence-electron chi connectivity index (χ2n) is 6.83. The Labute approximate surface area is 166 Å². The lowest BCUT2D eigenvalue weighted by molar-refractivity contribution is -0.121. The van der Waals surface area contributed by atoms with E-state index in [1.54, 1.807) is 11.3 Å². The molecule has 142 valence electrons. The molecule has 1 amide bonds. The van der Waals surface area contributed by atoms with Gasteiger partial charge in [0.1, 0.15) is 5.01 Å². The van der Waals surface area contributed by atoms with Crippen molar-refractivity contribution in [3.05, 3.63) is 40.9 Å². The minimum atomic E-state index is 0. The predicted molar refractivity (Wildman–Crippen MR) is 111 cm³/mol. The number of rotatable bonds is 6. The summed E-state index contributed by atoms with van der Waals surface area (Å²) in [6.07, 6.45) is 5.94. The van der Waals surface area contributed by atoms with Crippen LogP contribution < -0.4 is 11.1 Å². The van der Waals surface area contributed by atoms with Crippen molar-refractivity contribution < 1.29 is 4.79 Å². The number of amides is 1. The zero-order valence-corrected chi connectivity index (χ0v) is 16.9. The van der Waals surface area contributed by atoms with Crippen LogP contribution in [0, 0.1) is 5.92 Å². The number of carbonyl (C=O) groups is 1. The number of halogens is 1. The van der Waals surface area contributed by atoms with E-state index in [0.29, 0.717) is 18.9 Å². The molecule has 4 nitrogen and oxygen atoms in total. The van der Waals surface area contributed by atoms with Crippen LogP contribution in [-0.2, 0) is 17.6 Å². The van der Waals surface area contributed by atoms with Crippen LogP contribution in [0.1, 0.15) is 43.9 Å². The molecule has 26 heavy (non-hydrogen) atoms. The summed E-state index contributed by atoms with van der Waals surface area (Å²) in [4.78, 5) is 17.0. The molecule has 1 saturated carbocycles. The van der Waals surface area contributed by atoms with Crippen molar-refractivity contribution in [3.63, 3.8) is 0 Å². The van der Waals surface area contributed by atoms with E-state index in [9.17, 15) is 4.79 Å². The fourth-order valence-corrected chi connectivity index (χ4v) is 4.33. The normalized spacial score (nSPS) is 19.6. The van der Waals surface area contributed by atoms with Crippen molar-refractivity contribution in [2.45, 2.75) is 51.5 Å². The van der Waals surface area contributed by atoms with Crippen LogP contribution in [0.3, 0.4) is 0 Å². The van der Waals surface area contributed by atoms with E-state index >= 15 is 0 Å². The first kappa shape index (κ1) is 20.9. The van der Waals surface area contributed by atoms with Gasteiger partial charge in [0.05, 0.1) is 12.1 Å². The van der Waals surface area contributed by atoms with Gasteiger partial charge in [0.2, 0.25) is 5.91 Å². The van der Waals surface area contributed by atoms with Gasteiger partial charge in [0, 0.05) is 17.0 Å². The Bertz CT molecular complexity index is 701. The van der Waals surface area contributed by atoms with Gasteiger partial charge in [-0.25, -0.2) is 4.98 Å². The number of hydrogen-bond acceptors (Lipinski definition) is 4. The van der Waals surface area contributed by atoms with Crippen molar-refractivity contribution in [1.29, 1.82) is 0 Å². The van der Waals surface area contributed by atoms with Gasteiger partial charge >= 0.3 is 0 Å². The average Bonchev–Trinajstić information content (AvgIpc) is 3.10. The van der Waals surface area contributed by atoms with Crippen molar-refractivity contribution in [2.75, 3.05) is 6.54 Å². The standard InChI is InChI=1S/C20H27N3OS.ClH/c1-2-14-7-9-15(10-8-14)20-22-17(13-25-20)11-19(24)23-18-6-4-3-5-16(18)12-21;/h7-10,13,16,18H,2-6,11-12,21H2,1H3,(H,23,24);1H. The van der Waals surface area contributed by atoms with Crippen LogP contribution in [0.25, 0.3) is 10.6 Å². The average molecular weight is 394 g/mol. The maximum atomic E-state index is 12.4. The lowest BCUT2D eigenvalue weighted by Gasteiger charge is -2.31. The van der Waals surface area contributed by atoms with Gasteiger partial charge in [-0.3, -0.25) is 4.79 Å². The van der Waals surface area contributed by atoms with Crippen LogP contribution >= 0.6 is 23.7 Å². The molecule has 1 fully saturated rings. The summed E-state index contributed by atoms with van der Waals surface area (Å²) in [6, 6.07) is 8.72. The van der Waals surface area contributed by atoms with E-state index in [4.69, 9.17) is 5.73 Å².